The van der Waals surface area contributed by atoms with Crippen molar-refractivity contribution in [2.24, 2.45) is 16.7 Å². The Morgan fingerprint density at radius 1 is 1.33 bits per heavy atom. The first-order valence-corrected chi connectivity index (χ1v) is 8.09. The third-order valence-electron chi connectivity index (χ3n) is 5.05. The van der Waals surface area contributed by atoms with E-state index in [0.717, 1.165) is 31.2 Å². The summed E-state index contributed by atoms with van der Waals surface area (Å²) in [6, 6.07) is 7.59. The number of hydrogen-bond donors (Lipinski definition) is 1. The van der Waals surface area contributed by atoms with E-state index in [4.69, 9.17) is 11.6 Å². The quantitative estimate of drug-likeness (QED) is 0.834. The summed E-state index contributed by atoms with van der Waals surface area (Å²) in [5.41, 5.74) is 0.673. The predicted octanol–water partition coefficient (Wildman–Crippen LogP) is 5.19. The van der Waals surface area contributed by atoms with Gasteiger partial charge in [-0.1, -0.05) is 44.5 Å². The molecule has 0 heterocycles. The van der Waals surface area contributed by atoms with E-state index in [1.165, 1.54) is 0 Å². The highest BCUT2D eigenvalue weighted by atomic mass is 35.5. The summed E-state index contributed by atoms with van der Waals surface area (Å²) < 4.78 is 0. The lowest BCUT2D eigenvalue weighted by Crippen LogP contribution is -2.39. The molecule has 3 heteroatoms. The second kappa shape index (κ2) is 6.00. The first kappa shape index (κ1) is 16.4. The minimum absolute atomic E-state index is 0.265. The Balaban J connectivity index is 2.15. The third-order valence-corrected chi connectivity index (χ3v) is 5.29. The van der Waals surface area contributed by atoms with Gasteiger partial charge in [-0.05, 0) is 61.1 Å². The molecule has 0 unspecified atom stereocenters. The Morgan fingerprint density at radius 2 is 1.95 bits per heavy atom. The van der Waals surface area contributed by atoms with Crippen LogP contribution >= 0.6 is 11.6 Å². The Kier molecular flexibility index (Phi) is 4.67. The van der Waals surface area contributed by atoms with Gasteiger partial charge in [0, 0.05) is 5.02 Å². The summed E-state index contributed by atoms with van der Waals surface area (Å²) in [7, 11) is 0. The number of carbonyl (C=O) groups is 1. The highest BCUT2D eigenvalue weighted by Crippen LogP contribution is 2.47. The minimum atomic E-state index is -0.658. The van der Waals surface area contributed by atoms with E-state index in [9.17, 15) is 9.90 Å². The number of rotatable bonds is 3. The van der Waals surface area contributed by atoms with E-state index < -0.39 is 11.4 Å². The smallest absolute Gasteiger partial charge is 0.309 e. The van der Waals surface area contributed by atoms with Gasteiger partial charge < -0.3 is 5.11 Å². The average molecular weight is 309 g/mol. The van der Waals surface area contributed by atoms with E-state index in [-0.39, 0.29) is 5.41 Å². The lowest BCUT2D eigenvalue weighted by molar-refractivity contribution is -0.152. The van der Waals surface area contributed by atoms with E-state index in [0.29, 0.717) is 17.4 Å². The van der Waals surface area contributed by atoms with Crippen LogP contribution in [0.3, 0.4) is 0 Å². The predicted molar refractivity (Wildman–Crippen MR) is 86.6 cm³/mol. The summed E-state index contributed by atoms with van der Waals surface area (Å²) >= 11 is 6.02. The van der Waals surface area contributed by atoms with Gasteiger partial charge in [-0.25, -0.2) is 0 Å². The summed E-state index contributed by atoms with van der Waals surface area (Å²) in [5, 5.41) is 10.5. The molecule has 1 aromatic rings. The molecule has 0 radical (unpaired) electrons. The lowest BCUT2D eigenvalue weighted by atomic mass is 9.62. The summed E-state index contributed by atoms with van der Waals surface area (Å²) in [4.78, 5) is 11.9. The van der Waals surface area contributed by atoms with Gasteiger partial charge in [0.15, 0.2) is 0 Å². The van der Waals surface area contributed by atoms with Crippen molar-refractivity contribution in [1.29, 1.82) is 0 Å². The number of carboxylic acid groups (broad SMARTS) is 1. The summed E-state index contributed by atoms with van der Waals surface area (Å²) in [5.74, 6) is -0.0424. The van der Waals surface area contributed by atoms with Crippen LogP contribution in [0, 0.1) is 16.7 Å². The van der Waals surface area contributed by atoms with E-state index >= 15 is 0 Å². The van der Waals surface area contributed by atoms with Gasteiger partial charge in [0.1, 0.15) is 0 Å². The van der Waals surface area contributed by atoms with Crippen LogP contribution in [-0.4, -0.2) is 11.1 Å². The van der Waals surface area contributed by atoms with Crippen molar-refractivity contribution in [3.63, 3.8) is 0 Å². The third kappa shape index (κ3) is 3.79. The fraction of sp³-hybridized carbons (Fsp3) is 0.611. The van der Waals surface area contributed by atoms with Crippen molar-refractivity contribution in [1.82, 2.24) is 0 Å². The molecule has 21 heavy (non-hydrogen) atoms. The first-order valence-electron chi connectivity index (χ1n) is 7.71. The van der Waals surface area contributed by atoms with Crippen molar-refractivity contribution in [2.45, 2.75) is 52.9 Å². The SMILES string of the molecule is CC(C)(C)C1CCC(Cc2cccc(Cl)c2)(C(=O)O)CC1. The van der Waals surface area contributed by atoms with Gasteiger partial charge in [-0.15, -0.1) is 0 Å². The van der Waals surface area contributed by atoms with Crippen LogP contribution in [0.4, 0.5) is 0 Å². The molecule has 1 saturated carbocycles. The largest absolute Gasteiger partial charge is 0.481 e. The fourth-order valence-corrected chi connectivity index (χ4v) is 3.75. The highest BCUT2D eigenvalue weighted by Gasteiger charge is 2.44. The zero-order chi connectivity index (χ0) is 15.7. The molecule has 1 fully saturated rings. The molecule has 116 valence electrons. The molecule has 0 aromatic heterocycles. The van der Waals surface area contributed by atoms with Crippen LogP contribution < -0.4 is 0 Å². The van der Waals surface area contributed by atoms with E-state index in [1.54, 1.807) is 0 Å². The second-order valence-electron chi connectivity index (χ2n) is 7.53. The maximum absolute atomic E-state index is 11.9. The maximum atomic E-state index is 11.9. The normalized spacial score (nSPS) is 26.6. The van der Waals surface area contributed by atoms with Crippen molar-refractivity contribution in [3.05, 3.63) is 34.9 Å². The molecule has 0 saturated heterocycles. The van der Waals surface area contributed by atoms with Gasteiger partial charge in [0.05, 0.1) is 5.41 Å². The van der Waals surface area contributed by atoms with Crippen LogP contribution in [-0.2, 0) is 11.2 Å². The summed E-state index contributed by atoms with van der Waals surface area (Å²) in [6.45, 7) is 6.76. The number of halogens is 1. The van der Waals surface area contributed by atoms with Gasteiger partial charge in [0.25, 0.3) is 0 Å². The van der Waals surface area contributed by atoms with Gasteiger partial charge in [0.2, 0.25) is 0 Å². The Hall–Kier alpha value is -1.02. The van der Waals surface area contributed by atoms with Crippen molar-refractivity contribution in [2.75, 3.05) is 0 Å². The zero-order valence-electron chi connectivity index (χ0n) is 13.2. The van der Waals surface area contributed by atoms with Crippen molar-refractivity contribution < 1.29 is 9.90 Å². The highest BCUT2D eigenvalue weighted by molar-refractivity contribution is 6.30. The molecule has 2 rings (SSSR count). The molecular weight excluding hydrogens is 284 g/mol. The molecule has 0 atom stereocenters. The van der Waals surface area contributed by atoms with Crippen LogP contribution in [0.25, 0.3) is 0 Å². The van der Waals surface area contributed by atoms with Crippen LogP contribution in [0.15, 0.2) is 24.3 Å². The average Bonchev–Trinajstić information content (AvgIpc) is 2.38. The van der Waals surface area contributed by atoms with Crippen LogP contribution in [0.1, 0.15) is 52.0 Å². The van der Waals surface area contributed by atoms with E-state index in [1.807, 2.05) is 24.3 Å². The number of hydrogen-bond acceptors (Lipinski definition) is 1. The van der Waals surface area contributed by atoms with Crippen molar-refractivity contribution in [3.8, 4) is 0 Å². The number of benzene rings is 1. The molecule has 2 nitrogen and oxygen atoms in total. The molecule has 1 aliphatic rings. The number of aliphatic carboxylic acids is 1. The molecule has 1 N–H and O–H groups in total. The molecular formula is C18H25ClO2. The lowest BCUT2D eigenvalue weighted by Gasteiger charge is -2.42. The van der Waals surface area contributed by atoms with Gasteiger partial charge in [-0.2, -0.15) is 0 Å². The molecule has 0 aliphatic heterocycles. The second-order valence-corrected chi connectivity index (χ2v) is 7.97. The monoisotopic (exact) mass is 308 g/mol. The zero-order valence-corrected chi connectivity index (χ0v) is 13.9. The molecule has 0 bridgehead atoms. The van der Waals surface area contributed by atoms with Crippen LogP contribution in [0.2, 0.25) is 5.02 Å². The Labute approximate surface area is 132 Å². The summed E-state index contributed by atoms with van der Waals surface area (Å²) in [6.07, 6.45) is 4.10. The molecule has 0 spiro atoms. The first-order chi connectivity index (χ1) is 9.73. The number of carboxylic acids is 1. The Bertz CT molecular complexity index is 508. The van der Waals surface area contributed by atoms with Crippen molar-refractivity contribution >= 4 is 17.6 Å². The van der Waals surface area contributed by atoms with Crippen LogP contribution in [0.5, 0.6) is 0 Å². The molecule has 1 aromatic carbocycles. The molecule has 1 aliphatic carbocycles. The molecule has 0 amide bonds. The van der Waals surface area contributed by atoms with Gasteiger partial charge in [-0.3, -0.25) is 4.79 Å². The maximum Gasteiger partial charge on any atom is 0.309 e. The Morgan fingerprint density at radius 3 is 2.43 bits per heavy atom. The van der Waals surface area contributed by atoms with E-state index in [2.05, 4.69) is 20.8 Å². The minimum Gasteiger partial charge on any atom is -0.481 e. The fourth-order valence-electron chi connectivity index (χ4n) is 3.54. The van der Waals surface area contributed by atoms with Gasteiger partial charge >= 0.3 is 5.97 Å². The topological polar surface area (TPSA) is 37.3 Å². The standard InChI is InChI=1S/C18H25ClO2/c1-17(2,3)14-7-9-18(10-8-14,16(20)21)12-13-5-4-6-15(19)11-13/h4-6,11,14H,7-10,12H2,1-3H3,(H,20,21).